The van der Waals surface area contributed by atoms with Gasteiger partial charge in [0.05, 0.1) is 35.6 Å². The minimum absolute atomic E-state index is 0.0747. The SMILES string of the molecule is CC(=O)O[C@@]12COC1CC(O)C1(C)C(=O)C(=O)C3C(C)C(OC(=O)C(O)[C@@H](NC(=O)OC(C)(C)C)c4ccccc4)CC(O)(C(OC(=O)c4ccccc4)C12)C3(C)C. The molecule has 3 aliphatic carbocycles. The minimum Gasteiger partial charge on any atom is -0.460 e. The molecule has 6 rings (SSSR count). The van der Waals surface area contributed by atoms with Gasteiger partial charge in [0.25, 0.3) is 0 Å². The lowest BCUT2D eigenvalue weighted by Gasteiger charge is -2.67. The summed E-state index contributed by atoms with van der Waals surface area (Å²) in [6.07, 6.45) is -9.48. The van der Waals surface area contributed by atoms with Gasteiger partial charge < -0.3 is 44.3 Å². The number of alkyl carbamates (subject to hydrolysis) is 1. The largest absolute Gasteiger partial charge is 0.460 e. The lowest BCUT2D eigenvalue weighted by molar-refractivity contribution is -0.350. The molecule has 4 fully saturated rings. The van der Waals surface area contributed by atoms with Crippen molar-refractivity contribution >= 4 is 35.6 Å². The van der Waals surface area contributed by atoms with Crippen LogP contribution >= 0.6 is 0 Å². The summed E-state index contributed by atoms with van der Waals surface area (Å²) in [6.45, 7) is 11.8. The van der Waals surface area contributed by atoms with E-state index < -0.39 is 124 Å². The molecule has 314 valence electrons. The van der Waals surface area contributed by atoms with Gasteiger partial charge in [-0.2, -0.15) is 0 Å². The molecule has 15 nitrogen and oxygen atoms in total. The quantitative estimate of drug-likeness (QED) is 0.171. The molecule has 12 atom stereocenters. The second-order valence-electron chi connectivity index (χ2n) is 17.9. The summed E-state index contributed by atoms with van der Waals surface area (Å²) < 4.78 is 29.5. The Morgan fingerprint density at radius 1 is 0.948 bits per heavy atom. The number of rotatable bonds is 8. The van der Waals surface area contributed by atoms with Gasteiger partial charge in [0.15, 0.2) is 11.7 Å². The average molecular weight is 808 g/mol. The summed E-state index contributed by atoms with van der Waals surface area (Å²) in [4.78, 5) is 83.6. The van der Waals surface area contributed by atoms with E-state index in [1.54, 1.807) is 90.1 Å². The summed E-state index contributed by atoms with van der Waals surface area (Å²) in [6, 6.07) is 14.6. The predicted molar refractivity (Wildman–Crippen MR) is 203 cm³/mol. The van der Waals surface area contributed by atoms with Crippen molar-refractivity contribution in [2.45, 2.75) is 122 Å². The molecule has 2 bridgehead atoms. The van der Waals surface area contributed by atoms with Crippen molar-refractivity contribution in [1.29, 1.82) is 0 Å². The Hall–Kier alpha value is -4.70. The van der Waals surface area contributed by atoms with Gasteiger partial charge in [0.2, 0.25) is 11.6 Å². The van der Waals surface area contributed by atoms with Crippen LogP contribution in [0.15, 0.2) is 60.7 Å². The lowest BCUT2D eigenvalue weighted by atomic mass is 9.42. The molecule has 10 unspecified atom stereocenters. The molecular weight excluding hydrogens is 754 g/mol. The zero-order valence-electron chi connectivity index (χ0n) is 33.9. The van der Waals surface area contributed by atoms with Gasteiger partial charge in [-0.05, 0) is 45.4 Å². The Morgan fingerprint density at radius 3 is 2.10 bits per heavy atom. The normalized spacial score (nSPS) is 34.9. The van der Waals surface area contributed by atoms with E-state index in [2.05, 4.69) is 5.32 Å². The number of benzene rings is 2. The Morgan fingerprint density at radius 2 is 1.55 bits per heavy atom. The van der Waals surface area contributed by atoms with Gasteiger partial charge >= 0.3 is 24.0 Å². The maximum absolute atomic E-state index is 14.9. The number of esters is 3. The highest BCUT2D eigenvalue weighted by Gasteiger charge is 2.79. The predicted octanol–water partition coefficient (Wildman–Crippen LogP) is 3.40. The average Bonchev–Trinajstić information content (AvgIpc) is 3.14. The van der Waals surface area contributed by atoms with E-state index >= 15 is 0 Å². The first-order chi connectivity index (χ1) is 27.0. The molecule has 0 spiro atoms. The highest BCUT2D eigenvalue weighted by Crippen LogP contribution is 2.64. The number of ether oxygens (including phenoxy) is 5. The molecule has 1 amide bonds. The molecule has 3 saturated carbocycles. The molecule has 0 aromatic heterocycles. The Bertz CT molecular complexity index is 1950. The summed E-state index contributed by atoms with van der Waals surface area (Å²) >= 11 is 0. The summed E-state index contributed by atoms with van der Waals surface area (Å²) in [5.41, 5.74) is -8.31. The molecule has 4 N–H and O–H groups in total. The van der Waals surface area contributed by atoms with Crippen molar-refractivity contribution in [2.24, 2.45) is 28.6 Å². The second kappa shape index (κ2) is 15.2. The fourth-order valence-corrected chi connectivity index (χ4v) is 9.87. The Labute approximate surface area is 336 Å². The molecule has 1 heterocycles. The van der Waals surface area contributed by atoms with E-state index in [0.29, 0.717) is 5.56 Å². The zero-order valence-corrected chi connectivity index (χ0v) is 33.9. The van der Waals surface area contributed by atoms with Gasteiger partial charge in [-0.15, -0.1) is 0 Å². The zero-order chi connectivity index (χ0) is 42.7. The van der Waals surface area contributed by atoms with Crippen LogP contribution in [0.2, 0.25) is 0 Å². The number of aliphatic hydroxyl groups excluding tert-OH is 2. The van der Waals surface area contributed by atoms with Crippen molar-refractivity contribution in [3.05, 3.63) is 71.8 Å². The summed E-state index contributed by atoms with van der Waals surface area (Å²) in [5, 5.41) is 39.3. The van der Waals surface area contributed by atoms with Crippen LogP contribution in [0.25, 0.3) is 0 Å². The van der Waals surface area contributed by atoms with Crippen LogP contribution in [0.5, 0.6) is 0 Å². The van der Waals surface area contributed by atoms with E-state index in [0.717, 1.165) is 6.92 Å². The van der Waals surface area contributed by atoms with Crippen LogP contribution in [0.4, 0.5) is 4.79 Å². The highest BCUT2D eigenvalue weighted by atomic mass is 16.6. The summed E-state index contributed by atoms with van der Waals surface area (Å²) in [5.74, 6) is -8.93. The summed E-state index contributed by atoms with van der Waals surface area (Å²) in [7, 11) is 0. The van der Waals surface area contributed by atoms with Crippen LogP contribution < -0.4 is 5.32 Å². The molecule has 1 saturated heterocycles. The van der Waals surface area contributed by atoms with E-state index in [-0.39, 0.29) is 18.6 Å². The van der Waals surface area contributed by atoms with Gasteiger partial charge in [0.1, 0.15) is 29.5 Å². The van der Waals surface area contributed by atoms with Crippen LogP contribution in [-0.4, -0.2) is 105 Å². The van der Waals surface area contributed by atoms with E-state index in [1.165, 1.54) is 19.1 Å². The number of aliphatic hydroxyl groups is 3. The number of hydrogen-bond acceptors (Lipinski definition) is 14. The number of carbonyl (C=O) groups excluding carboxylic acids is 6. The van der Waals surface area contributed by atoms with Crippen LogP contribution in [0, 0.1) is 28.6 Å². The number of carbonyl (C=O) groups is 6. The third-order valence-electron chi connectivity index (χ3n) is 12.9. The number of nitrogens with one attached hydrogen (secondary N) is 1. The third kappa shape index (κ3) is 7.09. The van der Waals surface area contributed by atoms with Crippen molar-refractivity contribution in [1.82, 2.24) is 5.32 Å². The van der Waals surface area contributed by atoms with E-state index in [1.807, 2.05) is 0 Å². The number of Topliss-reactive ketones (excluding diaryl/α,β-unsaturated/α-hetero) is 2. The smallest absolute Gasteiger partial charge is 0.408 e. The van der Waals surface area contributed by atoms with Gasteiger partial charge in [-0.1, -0.05) is 69.3 Å². The highest BCUT2D eigenvalue weighted by molar-refractivity contribution is 6.40. The monoisotopic (exact) mass is 807 g/mol. The van der Waals surface area contributed by atoms with Crippen LogP contribution in [-0.2, 0) is 42.9 Å². The van der Waals surface area contributed by atoms with E-state index in [9.17, 15) is 44.1 Å². The Balaban J connectivity index is 1.46. The number of fused-ring (bicyclic) bond motifs is 5. The first-order valence-corrected chi connectivity index (χ1v) is 19.5. The maximum Gasteiger partial charge on any atom is 0.408 e. The standard InChI is InChI=1S/C43H53NO14/c1-22-26(55-37(51)32(48)30(24-15-11-9-12-16-24)44-38(52)58-39(3,4)5)20-43(53)35(56-36(50)25-17-13-10-14-18-25)33-41(8,34(49)31(47)29(22)40(43,6)7)27(46)19-28-42(33,21-54-28)57-23(2)45/h9-18,22,26-30,32-33,35,46,48,53H,19-21H2,1-8H3,(H,44,52)/t22?,26?,27?,28?,29?,30-,32?,33?,35?,41?,42-,43?/m0/s1. The van der Waals surface area contributed by atoms with Gasteiger partial charge in [0, 0.05) is 37.0 Å². The topological polar surface area (TPSA) is 221 Å². The second-order valence-corrected chi connectivity index (χ2v) is 17.9. The molecule has 4 aliphatic rings. The molecule has 15 heteroatoms. The molecule has 2 aromatic carbocycles. The maximum atomic E-state index is 14.9. The fourth-order valence-electron chi connectivity index (χ4n) is 9.87. The van der Waals surface area contributed by atoms with E-state index in [4.69, 9.17) is 23.7 Å². The first-order valence-electron chi connectivity index (χ1n) is 19.5. The number of ketones is 2. The minimum atomic E-state index is -2.36. The third-order valence-corrected chi connectivity index (χ3v) is 12.9. The van der Waals surface area contributed by atoms with Crippen molar-refractivity contribution in [3.8, 4) is 0 Å². The molecule has 2 aromatic rings. The first kappa shape index (κ1) is 42.9. The molecule has 1 aliphatic heterocycles. The number of amides is 1. The van der Waals surface area contributed by atoms with Gasteiger partial charge in [-0.3, -0.25) is 14.4 Å². The molecule has 58 heavy (non-hydrogen) atoms. The van der Waals surface area contributed by atoms with Crippen molar-refractivity contribution in [2.75, 3.05) is 6.61 Å². The Kier molecular flexibility index (Phi) is 11.2. The molecular formula is C43H53NO14. The fraction of sp³-hybridized carbons (Fsp3) is 0.581. The van der Waals surface area contributed by atoms with Gasteiger partial charge in [-0.25, -0.2) is 14.4 Å². The van der Waals surface area contributed by atoms with Crippen molar-refractivity contribution < 1.29 is 67.8 Å². The van der Waals surface area contributed by atoms with Crippen molar-refractivity contribution in [3.63, 3.8) is 0 Å². The van der Waals surface area contributed by atoms with Crippen LogP contribution in [0.3, 0.4) is 0 Å². The molecule has 0 radical (unpaired) electrons. The number of hydrogen-bond donors (Lipinski definition) is 4. The van der Waals surface area contributed by atoms with Crippen LogP contribution in [0.1, 0.15) is 90.2 Å². The lowest BCUT2D eigenvalue weighted by Crippen LogP contribution is -2.82.